The van der Waals surface area contributed by atoms with Crippen molar-refractivity contribution in [1.29, 1.82) is 0 Å². The molecule has 1 aromatic carbocycles. The fraction of sp³-hybridized carbons (Fsp3) is 0.182. The predicted octanol–water partition coefficient (Wildman–Crippen LogP) is 2.43. The number of alkyl halides is 1. The van der Waals surface area contributed by atoms with Crippen LogP contribution in [-0.4, -0.2) is 16.1 Å². The molecule has 1 heterocycles. The highest BCUT2D eigenvalue weighted by molar-refractivity contribution is 6.16. The largest absolute Gasteiger partial charge is 0.419 e. The Hall–Kier alpha value is -1.88. The van der Waals surface area contributed by atoms with Crippen molar-refractivity contribution in [3.05, 3.63) is 30.2 Å². The SMILES string of the molecule is CC(=O)Nc1ccc(-c2nnc(CCl)o2)cc1. The number of hydrogen-bond acceptors (Lipinski definition) is 4. The van der Waals surface area contributed by atoms with Crippen molar-refractivity contribution in [1.82, 2.24) is 10.2 Å². The number of carbonyl (C=O) groups excluding carboxylic acids is 1. The zero-order valence-electron chi connectivity index (χ0n) is 9.11. The molecule has 6 heteroatoms. The maximum absolute atomic E-state index is 10.8. The molecule has 88 valence electrons. The molecule has 0 aliphatic carbocycles. The fourth-order valence-corrected chi connectivity index (χ4v) is 1.43. The summed E-state index contributed by atoms with van der Waals surface area (Å²) in [6, 6.07) is 7.11. The Morgan fingerprint density at radius 3 is 2.59 bits per heavy atom. The third kappa shape index (κ3) is 2.82. The molecule has 0 fully saturated rings. The van der Waals surface area contributed by atoms with Gasteiger partial charge in [-0.05, 0) is 24.3 Å². The van der Waals surface area contributed by atoms with Crippen LogP contribution in [0.3, 0.4) is 0 Å². The van der Waals surface area contributed by atoms with Gasteiger partial charge < -0.3 is 9.73 Å². The first-order valence-electron chi connectivity index (χ1n) is 4.95. The van der Waals surface area contributed by atoms with Crippen LogP contribution < -0.4 is 5.32 Å². The third-order valence-corrected chi connectivity index (χ3v) is 2.26. The summed E-state index contributed by atoms with van der Waals surface area (Å²) in [4.78, 5) is 10.8. The predicted molar refractivity (Wildman–Crippen MR) is 63.6 cm³/mol. The van der Waals surface area contributed by atoms with E-state index in [9.17, 15) is 4.79 Å². The summed E-state index contributed by atoms with van der Waals surface area (Å²) < 4.78 is 5.30. The molecule has 2 rings (SSSR count). The molecule has 2 aromatic rings. The summed E-state index contributed by atoms with van der Waals surface area (Å²) in [5, 5.41) is 10.3. The van der Waals surface area contributed by atoms with Crippen LogP contribution >= 0.6 is 11.6 Å². The molecule has 0 radical (unpaired) electrons. The molecule has 0 saturated carbocycles. The summed E-state index contributed by atoms with van der Waals surface area (Å²) in [6.07, 6.45) is 0. The van der Waals surface area contributed by atoms with E-state index in [0.29, 0.717) is 11.8 Å². The molecule has 0 aliphatic heterocycles. The summed E-state index contributed by atoms with van der Waals surface area (Å²) in [5.74, 6) is 0.874. The topological polar surface area (TPSA) is 68.0 Å². The monoisotopic (exact) mass is 251 g/mol. The van der Waals surface area contributed by atoms with Gasteiger partial charge >= 0.3 is 0 Å². The molecule has 1 amide bonds. The maximum Gasteiger partial charge on any atom is 0.247 e. The number of nitrogens with zero attached hydrogens (tertiary/aromatic N) is 2. The number of carbonyl (C=O) groups is 1. The van der Waals surface area contributed by atoms with E-state index < -0.39 is 0 Å². The number of aromatic nitrogens is 2. The second kappa shape index (κ2) is 4.97. The first kappa shape index (κ1) is 11.6. The first-order chi connectivity index (χ1) is 8.19. The minimum Gasteiger partial charge on any atom is -0.419 e. The highest BCUT2D eigenvalue weighted by Crippen LogP contribution is 2.20. The highest BCUT2D eigenvalue weighted by atomic mass is 35.5. The van der Waals surface area contributed by atoms with Crippen molar-refractivity contribution in [2.24, 2.45) is 0 Å². The van der Waals surface area contributed by atoms with E-state index in [4.69, 9.17) is 16.0 Å². The Morgan fingerprint density at radius 1 is 1.35 bits per heavy atom. The molecule has 17 heavy (non-hydrogen) atoms. The Kier molecular flexibility index (Phi) is 3.39. The van der Waals surface area contributed by atoms with Crippen LogP contribution in [0.25, 0.3) is 11.5 Å². The lowest BCUT2D eigenvalue weighted by Gasteiger charge is -2.01. The average Bonchev–Trinajstić information content (AvgIpc) is 2.78. The zero-order chi connectivity index (χ0) is 12.3. The van der Waals surface area contributed by atoms with Crippen molar-refractivity contribution in [3.63, 3.8) is 0 Å². The van der Waals surface area contributed by atoms with E-state index in [-0.39, 0.29) is 11.8 Å². The van der Waals surface area contributed by atoms with Crippen LogP contribution in [0.4, 0.5) is 5.69 Å². The Bertz CT molecular complexity index is 522. The van der Waals surface area contributed by atoms with E-state index in [1.807, 2.05) is 0 Å². The lowest BCUT2D eigenvalue weighted by atomic mass is 10.2. The van der Waals surface area contributed by atoms with Crippen molar-refractivity contribution in [3.8, 4) is 11.5 Å². The van der Waals surface area contributed by atoms with E-state index in [1.165, 1.54) is 6.92 Å². The molecule has 0 unspecified atom stereocenters. The van der Waals surface area contributed by atoms with Crippen LogP contribution in [0, 0.1) is 0 Å². The van der Waals surface area contributed by atoms with E-state index in [1.54, 1.807) is 24.3 Å². The Morgan fingerprint density at radius 2 is 2.06 bits per heavy atom. The second-order valence-corrected chi connectivity index (χ2v) is 3.66. The molecule has 0 aliphatic rings. The lowest BCUT2D eigenvalue weighted by Crippen LogP contribution is -2.05. The second-order valence-electron chi connectivity index (χ2n) is 3.39. The van der Waals surface area contributed by atoms with Gasteiger partial charge in [-0.15, -0.1) is 21.8 Å². The summed E-state index contributed by atoms with van der Waals surface area (Å²) >= 11 is 5.57. The number of anilines is 1. The summed E-state index contributed by atoms with van der Waals surface area (Å²) in [5.41, 5.74) is 1.50. The zero-order valence-corrected chi connectivity index (χ0v) is 9.86. The molecular weight excluding hydrogens is 242 g/mol. The number of benzene rings is 1. The van der Waals surface area contributed by atoms with Crippen molar-refractivity contribution >= 4 is 23.2 Å². The molecule has 0 spiro atoms. The molecule has 1 aromatic heterocycles. The maximum atomic E-state index is 10.8. The number of amides is 1. The summed E-state index contributed by atoms with van der Waals surface area (Å²) in [6.45, 7) is 1.46. The lowest BCUT2D eigenvalue weighted by molar-refractivity contribution is -0.114. The number of rotatable bonds is 3. The number of halogens is 1. The Labute approximate surface area is 103 Å². The number of hydrogen-bond donors (Lipinski definition) is 1. The van der Waals surface area contributed by atoms with Gasteiger partial charge in [0.25, 0.3) is 0 Å². The molecule has 0 saturated heterocycles. The van der Waals surface area contributed by atoms with Gasteiger partial charge in [-0.1, -0.05) is 0 Å². The molecule has 0 bridgehead atoms. The van der Waals surface area contributed by atoms with E-state index in [0.717, 1.165) is 11.3 Å². The van der Waals surface area contributed by atoms with Gasteiger partial charge in [0.1, 0.15) is 5.88 Å². The van der Waals surface area contributed by atoms with Crippen molar-refractivity contribution in [2.45, 2.75) is 12.8 Å². The van der Waals surface area contributed by atoms with E-state index >= 15 is 0 Å². The van der Waals surface area contributed by atoms with E-state index in [2.05, 4.69) is 15.5 Å². The molecule has 0 atom stereocenters. The van der Waals surface area contributed by atoms with Gasteiger partial charge in [0.05, 0.1) is 0 Å². The Balaban J connectivity index is 2.19. The van der Waals surface area contributed by atoms with Gasteiger partial charge in [0.15, 0.2) is 0 Å². The number of nitrogens with one attached hydrogen (secondary N) is 1. The first-order valence-corrected chi connectivity index (χ1v) is 5.49. The molecule has 1 N–H and O–H groups in total. The normalized spacial score (nSPS) is 10.2. The average molecular weight is 252 g/mol. The van der Waals surface area contributed by atoms with Crippen LogP contribution in [0.2, 0.25) is 0 Å². The van der Waals surface area contributed by atoms with Gasteiger partial charge in [-0.3, -0.25) is 4.79 Å². The van der Waals surface area contributed by atoms with Gasteiger partial charge in [-0.2, -0.15) is 0 Å². The standard InChI is InChI=1S/C11H10ClN3O2/c1-7(16)13-9-4-2-8(3-5-9)11-15-14-10(6-12)17-11/h2-5H,6H2,1H3,(H,13,16). The van der Waals surface area contributed by atoms with Gasteiger partial charge in [0.2, 0.25) is 17.7 Å². The molecular formula is C11H10ClN3O2. The molecule has 5 nitrogen and oxygen atoms in total. The van der Waals surface area contributed by atoms with Crippen LogP contribution in [-0.2, 0) is 10.7 Å². The van der Waals surface area contributed by atoms with Gasteiger partial charge in [0, 0.05) is 18.2 Å². The third-order valence-electron chi connectivity index (χ3n) is 2.03. The van der Waals surface area contributed by atoms with Crippen LogP contribution in [0.1, 0.15) is 12.8 Å². The highest BCUT2D eigenvalue weighted by Gasteiger charge is 2.07. The smallest absolute Gasteiger partial charge is 0.247 e. The summed E-state index contributed by atoms with van der Waals surface area (Å²) in [7, 11) is 0. The quantitative estimate of drug-likeness (QED) is 0.851. The minimum absolute atomic E-state index is 0.111. The van der Waals surface area contributed by atoms with Crippen LogP contribution in [0.5, 0.6) is 0 Å². The van der Waals surface area contributed by atoms with Crippen molar-refractivity contribution in [2.75, 3.05) is 5.32 Å². The van der Waals surface area contributed by atoms with Crippen LogP contribution in [0.15, 0.2) is 28.7 Å². The van der Waals surface area contributed by atoms with Gasteiger partial charge in [-0.25, -0.2) is 0 Å². The van der Waals surface area contributed by atoms with Crippen molar-refractivity contribution < 1.29 is 9.21 Å². The fourth-order valence-electron chi connectivity index (χ4n) is 1.32. The minimum atomic E-state index is -0.111.